The molecule has 2 rings (SSSR count). The van der Waals surface area contributed by atoms with E-state index in [2.05, 4.69) is 6.92 Å². The average molecular weight is 303 g/mol. The SMILES string of the molecule is CCc1ccc2occ(C(=O)N(CCC(=O)O)C(C)C)c2c1. The molecule has 5 heteroatoms. The number of carbonyl (C=O) groups excluding carboxylic acids is 1. The summed E-state index contributed by atoms with van der Waals surface area (Å²) in [4.78, 5) is 25.1. The summed E-state index contributed by atoms with van der Waals surface area (Å²) in [7, 11) is 0. The predicted octanol–water partition coefficient (Wildman–Crippen LogP) is 3.32. The maximum absolute atomic E-state index is 12.7. The number of carboxylic acid groups (broad SMARTS) is 1. The Morgan fingerprint density at radius 3 is 2.64 bits per heavy atom. The number of carboxylic acids is 1. The summed E-state index contributed by atoms with van der Waals surface area (Å²) >= 11 is 0. The number of furan rings is 1. The van der Waals surface area contributed by atoms with Gasteiger partial charge < -0.3 is 14.4 Å². The Labute approximate surface area is 129 Å². The lowest BCUT2D eigenvalue weighted by molar-refractivity contribution is -0.137. The van der Waals surface area contributed by atoms with Crippen LogP contribution in [0.2, 0.25) is 0 Å². The molecule has 0 unspecified atom stereocenters. The normalized spacial score (nSPS) is 11.1. The van der Waals surface area contributed by atoms with Crippen LogP contribution in [0.25, 0.3) is 11.0 Å². The van der Waals surface area contributed by atoms with Crippen LogP contribution in [0.3, 0.4) is 0 Å². The van der Waals surface area contributed by atoms with E-state index in [0.29, 0.717) is 11.1 Å². The van der Waals surface area contributed by atoms with E-state index < -0.39 is 5.97 Å². The van der Waals surface area contributed by atoms with Crippen LogP contribution in [0.15, 0.2) is 28.9 Å². The summed E-state index contributed by atoms with van der Waals surface area (Å²) in [6, 6.07) is 5.72. The molecule has 1 aromatic carbocycles. The van der Waals surface area contributed by atoms with Gasteiger partial charge in [0.1, 0.15) is 11.8 Å². The Hall–Kier alpha value is -2.30. The first-order valence-electron chi connectivity index (χ1n) is 7.47. The smallest absolute Gasteiger partial charge is 0.305 e. The number of carbonyl (C=O) groups is 2. The van der Waals surface area contributed by atoms with Crippen molar-refractivity contribution in [2.45, 2.75) is 39.7 Å². The van der Waals surface area contributed by atoms with E-state index in [4.69, 9.17) is 9.52 Å². The van der Waals surface area contributed by atoms with Gasteiger partial charge >= 0.3 is 5.97 Å². The minimum absolute atomic E-state index is 0.0695. The van der Waals surface area contributed by atoms with Gasteiger partial charge in [-0.25, -0.2) is 0 Å². The summed E-state index contributed by atoms with van der Waals surface area (Å²) in [6.07, 6.45) is 2.27. The molecule has 1 amide bonds. The zero-order valence-electron chi connectivity index (χ0n) is 13.1. The fourth-order valence-corrected chi connectivity index (χ4v) is 2.43. The zero-order valence-corrected chi connectivity index (χ0v) is 13.1. The second kappa shape index (κ2) is 6.64. The summed E-state index contributed by atoms with van der Waals surface area (Å²) in [5.74, 6) is -1.10. The van der Waals surface area contributed by atoms with Gasteiger partial charge in [0.15, 0.2) is 0 Å². The lowest BCUT2D eigenvalue weighted by Gasteiger charge is -2.25. The highest BCUT2D eigenvalue weighted by molar-refractivity contribution is 6.06. The summed E-state index contributed by atoms with van der Waals surface area (Å²) < 4.78 is 5.46. The number of fused-ring (bicyclic) bond motifs is 1. The van der Waals surface area contributed by atoms with Gasteiger partial charge in [-0.3, -0.25) is 9.59 Å². The van der Waals surface area contributed by atoms with Gasteiger partial charge in [0.2, 0.25) is 0 Å². The number of rotatable bonds is 6. The molecule has 1 aromatic heterocycles. The van der Waals surface area contributed by atoms with Crippen LogP contribution in [-0.2, 0) is 11.2 Å². The van der Waals surface area contributed by atoms with E-state index >= 15 is 0 Å². The first-order chi connectivity index (χ1) is 10.4. The Morgan fingerprint density at radius 1 is 1.32 bits per heavy atom. The molecule has 0 spiro atoms. The van der Waals surface area contributed by atoms with Gasteiger partial charge in [-0.1, -0.05) is 13.0 Å². The summed E-state index contributed by atoms with van der Waals surface area (Å²) in [5, 5.41) is 9.62. The maximum atomic E-state index is 12.7. The summed E-state index contributed by atoms with van der Waals surface area (Å²) in [5.41, 5.74) is 2.29. The molecule has 0 aliphatic rings. The van der Waals surface area contributed by atoms with Crippen molar-refractivity contribution in [1.29, 1.82) is 0 Å². The van der Waals surface area contributed by atoms with Crippen molar-refractivity contribution in [2.75, 3.05) is 6.54 Å². The number of hydrogen-bond donors (Lipinski definition) is 1. The molecule has 0 radical (unpaired) electrons. The van der Waals surface area contributed by atoms with E-state index in [1.165, 1.54) is 6.26 Å². The lowest BCUT2D eigenvalue weighted by atomic mass is 10.1. The maximum Gasteiger partial charge on any atom is 0.305 e. The van der Waals surface area contributed by atoms with Gasteiger partial charge in [0, 0.05) is 18.0 Å². The van der Waals surface area contributed by atoms with Crippen LogP contribution < -0.4 is 0 Å². The molecule has 22 heavy (non-hydrogen) atoms. The second-order valence-electron chi connectivity index (χ2n) is 5.57. The second-order valence-corrected chi connectivity index (χ2v) is 5.57. The van der Waals surface area contributed by atoms with Crippen LogP contribution in [-0.4, -0.2) is 34.5 Å². The predicted molar refractivity (Wildman–Crippen MR) is 84.0 cm³/mol. The van der Waals surface area contributed by atoms with Gasteiger partial charge in [-0.05, 0) is 38.0 Å². The number of aliphatic carboxylic acids is 1. The van der Waals surface area contributed by atoms with Gasteiger partial charge in [0.25, 0.3) is 5.91 Å². The fourth-order valence-electron chi connectivity index (χ4n) is 2.43. The van der Waals surface area contributed by atoms with Crippen molar-refractivity contribution in [3.05, 3.63) is 35.6 Å². The molecule has 0 aliphatic heterocycles. The largest absolute Gasteiger partial charge is 0.481 e. The average Bonchev–Trinajstić information content (AvgIpc) is 2.89. The van der Waals surface area contributed by atoms with E-state index in [0.717, 1.165) is 17.4 Å². The van der Waals surface area contributed by atoms with Crippen LogP contribution in [0.4, 0.5) is 0 Å². The molecular formula is C17H21NO4. The molecule has 0 saturated carbocycles. The Balaban J connectivity index is 2.35. The molecule has 2 aromatic rings. The molecule has 1 N–H and O–H groups in total. The highest BCUT2D eigenvalue weighted by Crippen LogP contribution is 2.24. The van der Waals surface area contributed by atoms with Crippen LogP contribution in [0.5, 0.6) is 0 Å². The van der Waals surface area contributed by atoms with E-state index in [1.54, 1.807) is 4.90 Å². The van der Waals surface area contributed by atoms with Crippen molar-refractivity contribution in [3.63, 3.8) is 0 Å². The quantitative estimate of drug-likeness (QED) is 0.888. The third kappa shape index (κ3) is 3.30. The molecule has 0 atom stereocenters. The van der Waals surface area contributed by atoms with Crippen molar-refractivity contribution >= 4 is 22.8 Å². The minimum Gasteiger partial charge on any atom is -0.481 e. The summed E-state index contributed by atoms with van der Waals surface area (Å²) in [6.45, 7) is 5.99. The zero-order chi connectivity index (χ0) is 16.3. The first kappa shape index (κ1) is 16.1. The Kier molecular flexibility index (Phi) is 4.85. The van der Waals surface area contributed by atoms with Crippen molar-refractivity contribution in [2.24, 2.45) is 0 Å². The number of benzene rings is 1. The minimum atomic E-state index is -0.913. The Bertz CT molecular complexity index is 687. The first-order valence-corrected chi connectivity index (χ1v) is 7.47. The molecule has 1 heterocycles. The molecule has 0 saturated heterocycles. The topological polar surface area (TPSA) is 70.8 Å². The molecule has 0 fully saturated rings. The lowest BCUT2D eigenvalue weighted by Crippen LogP contribution is -2.38. The number of nitrogens with zero attached hydrogens (tertiary/aromatic N) is 1. The number of aryl methyl sites for hydroxylation is 1. The fraction of sp³-hybridized carbons (Fsp3) is 0.412. The monoisotopic (exact) mass is 303 g/mol. The highest BCUT2D eigenvalue weighted by atomic mass is 16.4. The van der Waals surface area contributed by atoms with Gasteiger partial charge in [-0.15, -0.1) is 0 Å². The van der Waals surface area contributed by atoms with E-state index in [1.807, 2.05) is 32.0 Å². The molecular weight excluding hydrogens is 282 g/mol. The highest BCUT2D eigenvalue weighted by Gasteiger charge is 2.23. The molecule has 118 valence electrons. The van der Waals surface area contributed by atoms with Crippen LogP contribution in [0, 0.1) is 0 Å². The Morgan fingerprint density at radius 2 is 2.05 bits per heavy atom. The molecule has 0 bridgehead atoms. The number of amides is 1. The van der Waals surface area contributed by atoms with Crippen LogP contribution in [0.1, 0.15) is 43.1 Å². The van der Waals surface area contributed by atoms with Crippen molar-refractivity contribution in [1.82, 2.24) is 4.90 Å². The molecule has 5 nitrogen and oxygen atoms in total. The van der Waals surface area contributed by atoms with Crippen molar-refractivity contribution in [3.8, 4) is 0 Å². The third-order valence-corrected chi connectivity index (χ3v) is 3.73. The van der Waals surface area contributed by atoms with E-state index in [-0.39, 0.29) is 24.9 Å². The molecule has 0 aliphatic carbocycles. The van der Waals surface area contributed by atoms with Gasteiger partial charge in [-0.2, -0.15) is 0 Å². The standard InChI is InChI=1S/C17H21NO4/c1-4-12-5-6-15-13(9-12)14(10-22-15)17(21)18(11(2)3)8-7-16(19)20/h5-6,9-11H,4,7-8H2,1-3H3,(H,19,20). The van der Waals surface area contributed by atoms with E-state index in [9.17, 15) is 9.59 Å². The van der Waals surface area contributed by atoms with Crippen LogP contribution >= 0.6 is 0 Å². The third-order valence-electron chi connectivity index (χ3n) is 3.73. The number of hydrogen-bond acceptors (Lipinski definition) is 3. The van der Waals surface area contributed by atoms with Crippen molar-refractivity contribution < 1.29 is 19.1 Å². The van der Waals surface area contributed by atoms with Gasteiger partial charge in [0.05, 0.1) is 12.0 Å².